The highest BCUT2D eigenvalue weighted by molar-refractivity contribution is 7.77. The fourth-order valence-corrected chi connectivity index (χ4v) is 2.09. The zero-order valence-corrected chi connectivity index (χ0v) is 11.2. The second kappa shape index (κ2) is 7.71. The summed E-state index contributed by atoms with van der Waals surface area (Å²) in [5.74, 6) is 0. The third-order valence-electron chi connectivity index (χ3n) is 2.69. The summed E-state index contributed by atoms with van der Waals surface area (Å²) in [5.41, 5.74) is 7.14. The van der Waals surface area contributed by atoms with Crippen molar-refractivity contribution in [3.63, 3.8) is 0 Å². The Morgan fingerprint density at radius 3 is 2.59 bits per heavy atom. The van der Waals surface area contributed by atoms with Gasteiger partial charge in [-0.05, 0) is 18.4 Å². The summed E-state index contributed by atoms with van der Waals surface area (Å²) in [7, 11) is 0. The number of benzene rings is 1. The molecule has 0 aliphatic carbocycles. The van der Waals surface area contributed by atoms with Crippen LogP contribution in [0.1, 0.15) is 18.9 Å². The van der Waals surface area contributed by atoms with Crippen LogP contribution in [-0.2, 0) is 6.42 Å². The summed E-state index contributed by atoms with van der Waals surface area (Å²) in [6.07, 6.45) is 1.17. The molecule has 0 saturated carbocycles. The van der Waals surface area contributed by atoms with Gasteiger partial charge in [0.15, 0.2) is 0 Å². The van der Waals surface area contributed by atoms with Crippen LogP contribution in [0.25, 0.3) is 0 Å². The number of nitrogens with two attached hydrogens (primary N) is 1. The molecule has 4 heteroatoms. The van der Waals surface area contributed by atoms with Gasteiger partial charge >= 0.3 is 0 Å². The van der Waals surface area contributed by atoms with Crippen molar-refractivity contribution in [1.82, 2.24) is 4.31 Å². The molecule has 0 aromatic heterocycles. The quantitative estimate of drug-likeness (QED) is 0.646. The van der Waals surface area contributed by atoms with Crippen LogP contribution in [0.2, 0.25) is 0 Å². The van der Waals surface area contributed by atoms with E-state index in [1.807, 2.05) is 34.6 Å². The second-order valence-electron chi connectivity index (χ2n) is 4.33. The van der Waals surface area contributed by atoms with E-state index in [2.05, 4.69) is 19.7 Å². The third-order valence-corrected chi connectivity index (χ3v) is 3.05. The molecule has 0 heterocycles. The number of aliphatic hydroxyl groups excluding tert-OH is 1. The first-order chi connectivity index (χ1) is 8.13. The SMILES string of the molecule is CCCN(S)CC(O)C(N)Cc1ccccc1. The molecule has 0 radical (unpaired) electrons. The standard InChI is InChI=1S/C13H22N2OS/c1-2-8-15(17)10-13(16)12(14)9-11-6-4-3-5-7-11/h3-7,12-13,16-17H,2,8-10,14H2,1H3. The largest absolute Gasteiger partial charge is 0.390 e. The van der Waals surface area contributed by atoms with Crippen LogP contribution >= 0.6 is 12.8 Å². The van der Waals surface area contributed by atoms with Gasteiger partial charge in [0.2, 0.25) is 0 Å². The molecular formula is C13H22N2OS. The van der Waals surface area contributed by atoms with E-state index < -0.39 is 6.10 Å². The van der Waals surface area contributed by atoms with Gasteiger partial charge in [0.05, 0.1) is 6.10 Å². The van der Waals surface area contributed by atoms with Crippen molar-refractivity contribution in [3.05, 3.63) is 35.9 Å². The highest BCUT2D eigenvalue weighted by Crippen LogP contribution is 2.07. The molecule has 3 N–H and O–H groups in total. The van der Waals surface area contributed by atoms with Gasteiger partial charge in [-0.1, -0.05) is 50.1 Å². The maximum atomic E-state index is 9.96. The lowest BCUT2D eigenvalue weighted by atomic mass is 10.0. The van der Waals surface area contributed by atoms with E-state index in [-0.39, 0.29) is 6.04 Å². The molecule has 0 aliphatic rings. The molecule has 0 saturated heterocycles. The summed E-state index contributed by atoms with van der Waals surface area (Å²) in [6.45, 7) is 3.45. The summed E-state index contributed by atoms with van der Waals surface area (Å²) < 4.78 is 1.82. The van der Waals surface area contributed by atoms with Gasteiger partial charge in [-0.15, -0.1) is 0 Å². The van der Waals surface area contributed by atoms with Gasteiger partial charge in [-0.25, -0.2) is 0 Å². The van der Waals surface area contributed by atoms with Gasteiger partial charge in [0, 0.05) is 19.1 Å². The van der Waals surface area contributed by atoms with Crippen LogP contribution in [-0.4, -0.2) is 34.6 Å². The monoisotopic (exact) mass is 254 g/mol. The molecule has 0 fully saturated rings. The fraction of sp³-hybridized carbons (Fsp3) is 0.538. The van der Waals surface area contributed by atoms with Crippen molar-refractivity contribution in [2.75, 3.05) is 13.1 Å². The molecule has 17 heavy (non-hydrogen) atoms. The molecule has 2 unspecified atom stereocenters. The van der Waals surface area contributed by atoms with Gasteiger partial charge in [0.1, 0.15) is 0 Å². The molecular weight excluding hydrogens is 232 g/mol. The van der Waals surface area contributed by atoms with Gasteiger partial charge in [-0.2, -0.15) is 0 Å². The van der Waals surface area contributed by atoms with Gasteiger partial charge in [0.25, 0.3) is 0 Å². The van der Waals surface area contributed by atoms with Crippen molar-refractivity contribution < 1.29 is 5.11 Å². The van der Waals surface area contributed by atoms with E-state index in [0.717, 1.165) is 18.5 Å². The number of aliphatic hydroxyl groups is 1. The number of thiol groups is 1. The van der Waals surface area contributed by atoms with E-state index in [0.29, 0.717) is 13.0 Å². The Kier molecular flexibility index (Phi) is 6.58. The summed E-state index contributed by atoms with van der Waals surface area (Å²) in [4.78, 5) is 0. The molecule has 0 bridgehead atoms. The number of nitrogens with zero attached hydrogens (tertiary/aromatic N) is 1. The van der Waals surface area contributed by atoms with Crippen LogP contribution in [0.5, 0.6) is 0 Å². The van der Waals surface area contributed by atoms with Gasteiger partial charge in [-0.3, -0.25) is 4.31 Å². The van der Waals surface area contributed by atoms with E-state index in [9.17, 15) is 5.11 Å². The molecule has 0 aliphatic heterocycles. The zero-order chi connectivity index (χ0) is 12.7. The van der Waals surface area contributed by atoms with Crippen molar-refractivity contribution in [1.29, 1.82) is 0 Å². The maximum Gasteiger partial charge on any atom is 0.0830 e. The minimum atomic E-state index is -0.542. The lowest BCUT2D eigenvalue weighted by Gasteiger charge is -2.23. The van der Waals surface area contributed by atoms with Gasteiger partial charge < -0.3 is 10.8 Å². The van der Waals surface area contributed by atoms with E-state index in [4.69, 9.17) is 5.73 Å². The molecule has 96 valence electrons. The van der Waals surface area contributed by atoms with Crippen molar-refractivity contribution in [2.45, 2.75) is 31.9 Å². The summed E-state index contributed by atoms with van der Waals surface area (Å²) in [5, 5.41) is 9.96. The minimum absolute atomic E-state index is 0.246. The first kappa shape index (κ1) is 14.5. The molecule has 3 nitrogen and oxygen atoms in total. The Balaban J connectivity index is 2.39. The lowest BCUT2D eigenvalue weighted by Crippen LogP contribution is -2.42. The van der Waals surface area contributed by atoms with Crippen molar-refractivity contribution in [3.8, 4) is 0 Å². The normalized spacial score (nSPS) is 14.9. The lowest BCUT2D eigenvalue weighted by molar-refractivity contribution is 0.123. The predicted molar refractivity (Wildman–Crippen MR) is 75.0 cm³/mol. The Morgan fingerprint density at radius 1 is 1.35 bits per heavy atom. The molecule has 0 spiro atoms. The number of rotatable bonds is 7. The Labute approximate surface area is 109 Å². The average molecular weight is 254 g/mol. The smallest absolute Gasteiger partial charge is 0.0830 e. The molecule has 0 amide bonds. The van der Waals surface area contributed by atoms with Crippen LogP contribution in [0.4, 0.5) is 0 Å². The number of hydrogen-bond acceptors (Lipinski definition) is 4. The first-order valence-electron chi connectivity index (χ1n) is 6.05. The first-order valence-corrected chi connectivity index (χ1v) is 6.45. The predicted octanol–water partition coefficient (Wildman–Crippen LogP) is 1.47. The van der Waals surface area contributed by atoms with Crippen molar-refractivity contribution in [2.24, 2.45) is 5.73 Å². The molecule has 1 aromatic rings. The second-order valence-corrected chi connectivity index (χ2v) is 4.90. The maximum absolute atomic E-state index is 9.96. The summed E-state index contributed by atoms with van der Waals surface area (Å²) in [6, 6.07) is 9.74. The Hall–Kier alpha value is -0.550. The fourth-order valence-electron chi connectivity index (χ4n) is 1.72. The number of hydrogen-bond donors (Lipinski definition) is 3. The van der Waals surface area contributed by atoms with Crippen LogP contribution in [0.3, 0.4) is 0 Å². The third kappa shape index (κ3) is 5.55. The Morgan fingerprint density at radius 2 is 2.00 bits per heavy atom. The minimum Gasteiger partial charge on any atom is -0.390 e. The van der Waals surface area contributed by atoms with E-state index in [1.165, 1.54) is 0 Å². The Bertz CT molecular complexity index is 308. The van der Waals surface area contributed by atoms with Crippen molar-refractivity contribution >= 4 is 12.8 Å². The topological polar surface area (TPSA) is 49.5 Å². The average Bonchev–Trinajstić information content (AvgIpc) is 2.30. The molecule has 2 atom stereocenters. The van der Waals surface area contributed by atoms with E-state index in [1.54, 1.807) is 0 Å². The zero-order valence-electron chi connectivity index (χ0n) is 10.3. The van der Waals surface area contributed by atoms with Crippen LogP contribution in [0.15, 0.2) is 30.3 Å². The molecule has 1 rings (SSSR count). The van der Waals surface area contributed by atoms with Crippen LogP contribution < -0.4 is 5.73 Å². The highest BCUT2D eigenvalue weighted by atomic mass is 32.1. The van der Waals surface area contributed by atoms with E-state index >= 15 is 0 Å². The highest BCUT2D eigenvalue weighted by Gasteiger charge is 2.17. The van der Waals surface area contributed by atoms with Crippen LogP contribution in [0, 0.1) is 0 Å². The summed E-state index contributed by atoms with van der Waals surface area (Å²) >= 11 is 4.29. The molecule has 1 aromatic carbocycles.